The summed E-state index contributed by atoms with van der Waals surface area (Å²) in [6.07, 6.45) is 6.32. The summed E-state index contributed by atoms with van der Waals surface area (Å²) in [6.45, 7) is 0.864. The van der Waals surface area contributed by atoms with E-state index in [4.69, 9.17) is 27.9 Å². The number of hydrogen-bond donors (Lipinski definition) is 4. The van der Waals surface area contributed by atoms with Crippen molar-refractivity contribution < 1.29 is 24.3 Å². The minimum atomic E-state index is -1.12. The number of halogens is 2. The van der Waals surface area contributed by atoms with Crippen LogP contribution in [0.4, 0.5) is 5.13 Å². The first-order valence-electron chi connectivity index (χ1n) is 10.6. The summed E-state index contributed by atoms with van der Waals surface area (Å²) in [6, 6.07) is -1.08. The van der Waals surface area contributed by atoms with E-state index in [0.29, 0.717) is 30.7 Å². The molecule has 1 amide bonds. The number of hydrogen-bond acceptors (Lipinski definition) is 12. The first-order chi connectivity index (χ1) is 17.7. The van der Waals surface area contributed by atoms with Gasteiger partial charge in [-0.15, -0.1) is 11.8 Å². The number of carboxylic acids is 1. The number of carbonyl (C=O) groups is 3. The number of allylic oxidation sites excluding steroid dienone is 2. The molecule has 0 fully saturated rings. The summed E-state index contributed by atoms with van der Waals surface area (Å²) < 4.78 is 4.31. The molecule has 200 valence electrons. The number of carboxylic acid groups (broad SMARTS) is 1. The number of aliphatic carboxylic acids is 1. The predicted molar refractivity (Wildman–Crippen MR) is 155 cm³/mol. The van der Waals surface area contributed by atoms with Crippen molar-refractivity contribution in [1.82, 2.24) is 18.3 Å². The third-order valence-electron chi connectivity index (χ3n) is 5.13. The highest BCUT2D eigenvalue weighted by molar-refractivity contribution is 14.2. The SMILES string of the molecule is CO/N=C(\C(=O)N[C@H](C=O)[C@H]1SCC(CN2C=CC=C(CN)C=I2)=C(C(=O)O)N1C)c1nc(N)sc1Cl. The predicted octanol–water partition coefficient (Wildman–Crippen LogP) is 1.16. The lowest BCUT2D eigenvalue weighted by Gasteiger charge is -2.39. The van der Waals surface area contributed by atoms with Crippen LogP contribution in [0.5, 0.6) is 0 Å². The number of thioether (sulfide) groups is 1. The Morgan fingerprint density at radius 1 is 1.51 bits per heavy atom. The molecule has 2 aliphatic heterocycles. The number of aromatic nitrogens is 1. The van der Waals surface area contributed by atoms with Gasteiger partial charge in [-0.3, -0.25) is 4.79 Å². The van der Waals surface area contributed by atoms with Crippen LogP contribution >= 0.6 is 55.7 Å². The summed E-state index contributed by atoms with van der Waals surface area (Å²) in [5, 5.41) is 15.8. The van der Waals surface area contributed by atoms with Gasteiger partial charge < -0.3 is 39.5 Å². The van der Waals surface area contributed by atoms with E-state index in [1.807, 2.05) is 18.4 Å². The Balaban J connectivity index is 1.81. The topological polar surface area (TPSA) is 176 Å². The largest absolute Gasteiger partial charge is 0.477 e. The second kappa shape index (κ2) is 13.4. The van der Waals surface area contributed by atoms with E-state index in [9.17, 15) is 19.5 Å². The highest BCUT2D eigenvalue weighted by atomic mass is 127. The summed E-state index contributed by atoms with van der Waals surface area (Å²) in [4.78, 5) is 47.6. The van der Waals surface area contributed by atoms with E-state index in [-0.39, 0.29) is 26.6 Å². The Labute approximate surface area is 236 Å². The molecule has 3 rings (SSSR count). The number of oxime groups is 1. The monoisotopic (exact) mass is 681 g/mol. The maximum Gasteiger partial charge on any atom is 0.352 e. The summed E-state index contributed by atoms with van der Waals surface area (Å²) in [5.74, 6) is -1.54. The number of anilines is 1. The van der Waals surface area contributed by atoms with E-state index in [2.05, 4.69) is 22.6 Å². The van der Waals surface area contributed by atoms with Gasteiger partial charge in [0.05, 0.1) is 6.54 Å². The van der Waals surface area contributed by atoms with Gasteiger partial charge in [-0.25, -0.2) is 9.78 Å². The first kappa shape index (κ1) is 29.1. The van der Waals surface area contributed by atoms with Crippen LogP contribution in [0.15, 0.2) is 40.4 Å². The molecule has 3 heterocycles. The molecule has 12 nitrogen and oxygen atoms in total. The van der Waals surface area contributed by atoms with Crippen molar-refractivity contribution in [3.8, 4) is 0 Å². The molecule has 0 aromatic carbocycles. The Hall–Kier alpha value is -2.47. The Kier molecular flexibility index (Phi) is 10.5. The molecule has 1 aromatic heterocycles. The summed E-state index contributed by atoms with van der Waals surface area (Å²) in [7, 11) is 2.83. The lowest BCUT2D eigenvalue weighted by atomic mass is 10.1. The summed E-state index contributed by atoms with van der Waals surface area (Å²) >= 11 is 7.91. The molecule has 1 aromatic rings. The molecule has 2 atom stereocenters. The van der Waals surface area contributed by atoms with E-state index in [0.717, 1.165) is 16.9 Å². The number of aldehydes is 1. The third kappa shape index (κ3) is 7.10. The number of likely N-dealkylation sites (N-methyl/N-ethyl adjacent to an activating group) is 1. The van der Waals surface area contributed by atoms with Crippen LogP contribution in [0.2, 0.25) is 4.34 Å². The summed E-state index contributed by atoms with van der Waals surface area (Å²) in [5.41, 5.74) is 13.0. The van der Waals surface area contributed by atoms with Gasteiger partial charge in [0, 0.05) is 25.5 Å². The van der Waals surface area contributed by atoms with Crippen LogP contribution in [0.25, 0.3) is 0 Å². The second-order valence-electron chi connectivity index (χ2n) is 7.55. The molecule has 37 heavy (non-hydrogen) atoms. The number of thiazole rings is 1. The number of nitrogens with one attached hydrogen (secondary N) is 1. The molecule has 0 unspecified atom stereocenters. The molecular weight excluding hydrogens is 657 g/mol. The molecule has 0 bridgehead atoms. The minimum Gasteiger partial charge on any atom is -0.477 e. The average Bonchev–Trinajstić information content (AvgIpc) is 3.04. The zero-order valence-corrected chi connectivity index (χ0v) is 24.3. The van der Waals surface area contributed by atoms with Crippen LogP contribution in [-0.2, 0) is 19.2 Å². The Morgan fingerprint density at radius 2 is 2.27 bits per heavy atom. The van der Waals surface area contributed by atoms with Crippen molar-refractivity contribution in [2.75, 3.05) is 38.7 Å². The van der Waals surface area contributed by atoms with Crippen molar-refractivity contribution in [1.29, 1.82) is 0 Å². The molecule has 6 N–H and O–H groups in total. The third-order valence-corrected chi connectivity index (χ3v) is 10.1. The van der Waals surface area contributed by atoms with Crippen molar-refractivity contribution >= 4 is 88.7 Å². The van der Waals surface area contributed by atoms with Crippen molar-refractivity contribution in [3.05, 3.63) is 45.2 Å². The van der Waals surface area contributed by atoms with E-state index in [1.54, 1.807) is 7.05 Å². The van der Waals surface area contributed by atoms with Crippen molar-refractivity contribution in [3.63, 3.8) is 0 Å². The van der Waals surface area contributed by atoms with E-state index < -0.39 is 44.3 Å². The Bertz CT molecular complexity index is 1220. The lowest BCUT2D eigenvalue weighted by molar-refractivity contribution is -0.134. The molecule has 0 aliphatic carbocycles. The van der Waals surface area contributed by atoms with Gasteiger partial charge >= 0.3 is 5.97 Å². The van der Waals surface area contributed by atoms with Crippen LogP contribution in [0, 0.1) is 0 Å². The van der Waals surface area contributed by atoms with Crippen molar-refractivity contribution in [2.45, 2.75) is 11.4 Å². The van der Waals surface area contributed by atoms with E-state index in [1.165, 1.54) is 23.8 Å². The quantitative estimate of drug-likeness (QED) is 0.0917. The van der Waals surface area contributed by atoms with Crippen LogP contribution in [0.1, 0.15) is 5.69 Å². The minimum absolute atomic E-state index is 0.0177. The zero-order valence-electron chi connectivity index (χ0n) is 19.8. The molecular formula is C21H25ClIN7O5S2. The highest BCUT2D eigenvalue weighted by Crippen LogP contribution is 2.33. The van der Waals surface area contributed by atoms with Gasteiger partial charge in [0.15, 0.2) is 10.8 Å². The first-order valence-corrected chi connectivity index (χ1v) is 15.1. The van der Waals surface area contributed by atoms with E-state index >= 15 is 0 Å². The van der Waals surface area contributed by atoms with Gasteiger partial charge in [-0.05, 0) is 42.2 Å². The normalized spacial score (nSPS) is 19.1. The maximum absolute atomic E-state index is 13.0. The smallest absolute Gasteiger partial charge is 0.352 e. The molecule has 0 spiro atoms. The standard InChI is InChI=1S/C21H25ClIN7O5S2/c1-29-16(20(33)34)12(8-30-5-3-4-11(7-24)6-23-30)10-36-19(29)13(9-31)26-18(32)15(28-35-2)14-17(22)37-21(25)27-14/h3-6,9,13,19H,7-8,10,24H2,1-2H3,(H2,25,27)(H,26,32)(H,33,34)/b28-15-/t13-,19-/m1/s1. The van der Waals surface area contributed by atoms with Gasteiger partial charge in [-0.1, -0.05) is 34.2 Å². The number of rotatable bonds is 10. The fourth-order valence-electron chi connectivity index (χ4n) is 3.49. The molecule has 0 saturated heterocycles. The fourth-order valence-corrected chi connectivity index (χ4v) is 7.84. The average molecular weight is 682 g/mol. The van der Waals surface area contributed by atoms with Gasteiger partial charge in [-0.2, -0.15) is 0 Å². The fraction of sp³-hybridized carbons (Fsp3) is 0.333. The van der Waals surface area contributed by atoms with Crippen LogP contribution in [-0.4, -0.2) is 90.4 Å². The van der Waals surface area contributed by atoms with Crippen LogP contribution < -0.4 is 16.8 Å². The number of carbonyl (C=O) groups excluding carboxylic acids is 2. The number of nitrogens with two attached hydrogens (primary N) is 2. The van der Waals surface area contributed by atoms with Gasteiger partial charge in [0.25, 0.3) is 5.91 Å². The molecule has 16 heteroatoms. The molecule has 0 saturated carbocycles. The van der Waals surface area contributed by atoms with Crippen molar-refractivity contribution in [2.24, 2.45) is 10.9 Å². The molecule has 0 radical (unpaired) electrons. The number of amides is 1. The number of nitrogen functional groups attached to an aromatic ring is 1. The number of nitrogens with zero attached hydrogens (tertiary/aromatic N) is 4. The highest BCUT2D eigenvalue weighted by Gasteiger charge is 2.37. The zero-order chi connectivity index (χ0) is 27.1. The lowest BCUT2D eigenvalue weighted by Crippen LogP contribution is -2.53. The maximum atomic E-state index is 13.0. The van der Waals surface area contributed by atoms with Gasteiger partial charge in [0.1, 0.15) is 40.5 Å². The molecule has 2 aliphatic rings. The van der Waals surface area contributed by atoms with Crippen LogP contribution in [0.3, 0.4) is 0 Å². The second-order valence-corrected chi connectivity index (χ2v) is 12.7. The van der Waals surface area contributed by atoms with Gasteiger partial charge in [0.2, 0.25) is 0 Å². The Morgan fingerprint density at radius 3 is 2.86 bits per heavy atom.